The number of rotatable bonds is 8. The quantitative estimate of drug-likeness (QED) is 0.381. The Bertz CT molecular complexity index is 1570. The molecule has 10 heteroatoms. The predicted molar refractivity (Wildman–Crippen MR) is 140 cm³/mol. The van der Waals surface area contributed by atoms with Crippen molar-refractivity contribution in [3.8, 4) is 11.5 Å². The molecule has 1 aromatic heterocycles. The molecule has 0 spiro atoms. The van der Waals surface area contributed by atoms with Gasteiger partial charge < -0.3 is 20.1 Å². The van der Waals surface area contributed by atoms with Crippen molar-refractivity contribution >= 4 is 28.4 Å². The first-order valence-electron chi connectivity index (χ1n) is 11.4. The number of hydrogen-bond acceptors (Lipinski definition) is 6. The summed E-state index contributed by atoms with van der Waals surface area (Å²) >= 11 is 0. The number of carbonyl (C=O) groups excluding carboxylic acids is 2. The van der Waals surface area contributed by atoms with Gasteiger partial charge in [-0.3, -0.25) is 23.5 Å². The normalized spacial score (nSPS) is 10.7. The van der Waals surface area contributed by atoms with Gasteiger partial charge in [-0.05, 0) is 35.9 Å². The van der Waals surface area contributed by atoms with E-state index in [0.717, 1.165) is 4.57 Å². The molecule has 0 aliphatic carbocycles. The Labute approximate surface area is 212 Å². The minimum atomic E-state index is -0.664. The van der Waals surface area contributed by atoms with Crippen LogP contribution in [0.15, 0.2) is 76.3 Å². The second-order valence-electron chi connectivity index (χ2n) is 8.17. The summed E-state index contributed by atoms with van der Waals surface area (Å²) in [6.45, 7) is -0.397. The van der Waals surface area contributed by atoms with Gasteiger partial charge in [-0.15, -0.1) is 0 Å². The van der Waals surface area contributed by atoms with E-state index in [4.69, 9.17) is 9.47 Å². The number of nitrogens with zero attached hydrogens (tertiary/aromatic N) is 2. The summed E-state index contributed by atoms with van der Waals surface area (Å²) in [4.78, 5) is 51.8. The first-order chi connectivity index (χ1) is 17.9. The van der Waals surface area contributed by atoms with Crippen LogP contribution in [0.2, 0.25) is 0 Å². The van der Waals surface area contributed by atoms with Crippen LogP contribution < -0.4 is 31.4 Å². The van der Waals surface area contributed by atoms with Crippen molar-refractivity contribution in [3.63, 3.8) is 0 Å². The van der Waals surface area contributed by atoms with Gasteiger partial charge in [0.2, 0.25) is 5.91 Å². The molecule has 2 N–H and O–H groups in total. The highest BCUT2D eigenvalue weighted by Gasteiger charge is 2.19. The minimum Gasteiger partial charge on any atom is -0.493 e. The summed E-state index contributed by atoms with van der Waals surface area (Å²) in [6, 6.07) is 18.4. The van der Waals surface area contributed by atoms with E-state index < -0.39 is 17.2 Å². The van der Waals surface area contributed by atoms with Crippen molar-refractivity contribution in [3.05, 3.63) is 98.7 Å². The molecule has 37 heavy (non-hydrogen) atoms. The Morgan fingerprint density at radius 3 is 2.14 bits per heavy atom. The van der Waals surface area contributed by atoms with E-state index in [-0.39, 0.29) is 29.9 Å². The van der Waals surface area contributed by atoms with Crippen LogP contribution >= 0.6 is 0 Å². The maximum absolute atomic E-state index is 13.6. The summed E-state index contributed by atoms with van der Waals surface area (Å²) in [5.74, 6) is -0.0622. The monoisotopic (exact) mass is 502 g/mol. The molecule has 0 saturated heterocycles. The number of carbonyl (C=O) groups is 2. The second-order valence-corrected chi connectivity index (χ2v) is 8.17. The number of ether oxygens (including phenoxy) is 2. The van der Waals surface area contributed by atoms with Crippen molar-refractivity contribution in [2.75, 3.05) is 26.6 Å². The highest BCUT2D eigenvalue weighted by molar-refractivity contribution is 5.94. The fraction of sp³-hybridized carbons (Fsp3) is 0.185. The van der Waals surface area contributed by atoms with Crippen molar-refractivity contribution in [1.29, 1.82) is 0 Å². The van der Waals surface area contributed by atoms with E-state index in [1.165, 1.54) is 38.0 Å². The number of methoxy groups -OCH3 is 2. The smallest absolute Gasteiger partial charge is 0.332 e. The average molecular weight is 503 g/mol. The van der Waals surface area contributed by atoms with Gasteiger partial charge in [-0.25, -0.2) is 4.79 Å². The first kappa shape index (κ1) is 25.2. The van der Waals surface area contributed by atoms with Crippen LogP contribution in [0.4, 0.5) is 5.69 Å². The maximum atomic E-state index is 13.6. The molecule has 0 radical (unpaired) electrons. The van der Waals surface area contributed by atoms with Gasteiger partial charge in [0.25, 0.3) is 11.5 Å². The van der Waals surface area contributed by atoms with Gasteiger partial charge in [0.05, 0.1) is 31.7 Å². The van der Waals surface area contributed by atoms with Gasteiger partial charge in [0.1, 0.15) is 6.54 Å². The Balaban J connectivity index is 1.82. The third-order valence-electron chi connectivity index (χ3n) is 5.87. The van der Waals surface area contributed by atoms with Crippen molar-refractivity contribution < 1.29 is 19.1 Å². The molecule has 0 bridgehead atoms. The lowest BCUT2D eigenvalue weighted by atomic mass is 10.1. The summed E-state index contributed by atoms with van der Waals surface area (Å²) in [7, 11) is 4.42. The molecular weight excluding hydrogens is 476 g/mol. The molecule has 0 saturated carbocycles. The number of amides is 2. The summed E-state index contributed by atoms with van der Waals surface area (Å²) in [6.07, 6.45) is 0. The molecule has 1 heterocycles. The second kappa shape index (κ2) is 10.8. The van der Waals surface area contributed by atoms with E-state index >= 15 is 0 Å². The van der Waals surface area contributed by atoms with Gasteiger partial charge in [0.15, 0.2) is 11.5 Å². The number of hydrogen-bond donors (Lipinski definition) is 2. The lowest BCUT2D eigenvalue weighted by Crippen LogP contribution is -2.42. The first-order valence-corrected chi connectivity index (χ1v) is 11.4. The van der Waals surface area contributed by atoms with Gasteiger partial charge >= 0.3 is 5.69 Å². The summed E-state index contributed by atoms with van der Waals surface area (Å²) in [5.41, 5.74) is 0.686. The lowest BCUT2D eigenvalue weighted by molar-refractivity contribution is -0.116. The third kappa shape index (κ3) is 5.22. The molecule has 190 valence electrons. The van der Waals surface area contributed by atoms with Crippen LogP contribution in [0, 0.1) is 0 Å². The predicted octanol–water partition coefficient (Wildman–Crippen LogP) is 2.23. The highest BCUT2D eigenvalue weighted by atomic mass is 16.5. The zero-order chi connectivity index (χ0) is 26.5. The van der Waals surface area contributed by atoms with E-state index in [1.54, 1.807) is 48.5 Å². The van der Waals surface area contributed by atoms with Crippen LogP contribution in [0.3, 0.4) is 0 Å². The Morgan fingerprint density at radius 2 is 1.51 bits per heavy atom. The SMILES string of the molecule is CNC(=O)c1ccc(Cn2c(=O)c3cc(OC)c(OC)cc3n(CC(=O)Nc3ccccc3)c2=O)cc1. The average Bonchev–Trinajstić information content (AvgIpc) is 2.93. The van der Waals surface area contributed by atoms with Gasteiger partial charge in [-0.2, -0.15) is 0 Å². The number of benzene rings is 3. The Kier molecular flexibility index (Phi) is 7.38. The third-order valence-corrected chi connectivity index (χ3v) is 5.87. The number of para-hydroxylation sites is 1. The Morgan fingerprint density at radius 1 is 0.865 bits per heavy atom. The molecule has 0 aliphatic heterocycles. The van der Waals surface area contributed by atoms with Crippen molar-refractivity contribution in [1.82, 2.24) is 14.5 Å². The number of fused-ring (bicyclic) bond motifs is 1. The molecule has 0 atom stereocenters. The molecule has 0 aliphatic rings. The zero-order valence-electron chi connectivity index (χ0n) is 20.6. The summed E-state index contributed by atoms with van der Waals surface area (Å²) < 4.78 is 13.0. The topological polar surface area (TPSA) is 121 Å². The molecule has 3 aromatic carbocycles. The number of anilines is 1. The molecule has 4 rings (SSSR count). The van der Waals surface area contributed by atoms with Crippen LogP contribution in [-0.4, -0.2) is 42.2 Å². The van der Waals surface area contributed by atoms with Gasteiger partial charge in [-0.1, -0.05) is 30.3 Å². The molecule has 4 aromatic rings. The van der Waals surface area contributed by atoms with Crippen molar-refractivity contribution in [2.24, 2.45) is 0 Å². The van der Waals surface area contributed by atoms with E-state index in [2.05, 4.69) is 10.6 Å². The Hall–Kier alpha value is -4.86. The van der Waals surface area contributed by atoms with Crippen LogP contribution in [0.5, 0.6) is 11.5 Å². The molecule has 0 unspecified atom stereocenters. The largest absolute Gasteiger partial charge is 0.493 e. The van der Waals surface area contributed by atoms with E-state index in [9.17, 15) is 19.2 Å². The van der Waals surface area contributed by atoms with E-state index in [1.807, 2.05) is 6.07 Å². The number of aromatic nitrogens is 2. The molecule has 2 amide bonds. The van der Waals surface area contributed by atoms with Crippen LogP contribution in [0.1, 0.15) is 15.9 Å². The van der Waals surface area contributed by atoms with Crippen LogP contribution in [-0.2, 0) is 17.9 Å². The lowest BCUT2D eigenvalue weighted by Gasteiger charge is -2.16. The van der Waals surface area contributed by atoms with Crippen LogP contribution in [0.25, 0.3) is 10.9 Å². The molecular formula is C27H26N4O6. The fourth-order valence-electron chi connectivity index (χ4n) is 3.99. The van der Waals surface area contributed by atoms with E-state index in [0.29, 0.717) is 28.3 Å². The highest BCUT2D eigenvalue weighted by Crippen LogP contribution is 2.30. The minimum absolute atomic E-state index is 0.0592. The van der Waals surface area contributed by atoms with Crippen molar-refractivity contribution in [2.45, 2.75) is 13.1 Å². The van der Waals surface area contributed by atoms with Gasteiger partial charge in [0, 0.05) is 24.4 Å². The fourth-order valence-corrected chi connectivity index (χ4v) is 3.99. The zero-order valence-corrected chi connectivity index (χ0v) is 20.6. The molecule has 10 nitrogen and oxygen atoms in total. The number of nitrogens with one attached hydrogen (secondary N) is 2. The summed E-state index contributed by atoms with van der Waals surface area (Å²) in [5, 5.41) is 5.49. The standard InChI is InChI=1S/C27H26N4O6/c1-28-25(33)18-11-9-17(10-12-18)15-31-26(34)20-13-22(36-2)23(37-3)14-21(20)30(27(31)35)16-24(32)29-19-7-5-4-6-8-19/h4-14H,15-16H2,1-3H3,(H,28,33)(H,29,32). The maximum Gasteiger partial charge on any atom is 0.332 e. The molecule has 0 fully saturated rings.